The minimum Gasteiger partial charge on any atom is -0.449 e. The van der Waals surface area contributed by atoms with E-state index in [4.69, 9.17) is 26.2 Å². The lowest BCUT2D eigenvalue weighted by Crippen LogP contribution is -2.30. The predicted molar refractivity (Wildman–Crippen MR) is 184 cm³/mol. The van der Waals surface area contributed by atoms with E-state index >= 15 is 0 Å². The Morgan fingerprint density at radius 2 is 0.868 bits per heavy atom. The van der Waals surface area contributed by atoms with Crippen LogP contribution >= 0.6 is 11.6 Å². The molecule has 0 bridgehead atoms. The number of carbonyl (C=O) groups excluding carboxylic acids is 4. The third kappa shape index (κ3) is 25.0. The van der Waals surface area contributed by atoms with Crippen molar-refractivity contribution >= 4 is 52.5 Å². The third-order valence-corrected chi connectivity index (χ3v) is 4.74. The summed E-state index contributed by atoms with van der Waals surface area (Å²) in [5, 5.41) is 38.4. The molecular weight excluding hydrogens is 738 g/mol. The number of ether oxygens (including phenoxy) is 6. The molecular formula is C30H36ClN5O17. The van der Waals surface area contributed by atoms with Gasteiger partial charge in [-0.15, -0.1) is 0 Å². The van der Waals surface area contributed by atoms with Gasteiger partial charge in [0, 0.05) is 54.6 Å². The molecule has 4 N–H and O–H groups in total. The number of halogens is 1. The zero-order valence-corrected chi connectivity index (χ0v) is 29.3. The van der Waals surface area contributed by atoms with Crippen LogP contribution < -0.4 is 25.5 Å². The molecule has 3 aromatic rings. The monoisotopic (exact) mass is 773 g/mol. The first kappa shape index (κ1) is 48.5. The van der Waals surface area contributed by atoms with Gasteiger partial charge in [-0.2, -0.15) is 0 Å². The predicted octanol–water partition coefficient (Wildman–Crippen LogP) is 6.20. The van der Waals surface area contributed by atoms with Gasteiger partial charge in [-0.1, -0.05) is 0 Å². The van der Waals surface area contributed by atoms with Crippen LogP contribution in [0.2, 0.25) is 0 Å². The number of nitrogens with two attached hydrogens (primary N) is 1. The van der Waals surface area contributed by atoms with Crippen molar-refractivity contribution in [1.82, 2.24) is 5.43 Å². The lowest BCUT2D eigenvalue weighted by molar-refractivity contribution is -0.385. The molecule has 0 aliphatic rings. The van der Waals surface area contributed by atoms with Crippen LogP contribution in [-0.4, -0.2) is 70.1 Å². The number of nitrogens with zero attached hydrogens (tertiary/aromatic N) is 3. The Morgan fingerprint density at radius 3 is 1.06 bits per heavy atom. The Balaban J connectivity index is 0. The Labute approximate surface area is 305 Å². The van der Waals surface area contributed by atoms with Crippen LogP contribution in [0.5, 0.6) is 17.2 Å². The number of amides is 1. The quantitative estimate of drug-likeness (QED) is 0.0318. The molecule has 0 radical (unpaired) electrons. The summed E-state index contributed by atoms with van der Waals surface area (Å²) in [6.07, 6.45) is -2.25. The molecule has 0 unspecified atom stereocenters. The van der Waals surface area contributed by atoms with Crippen molar-refractivity contribution in [3.8, 4) is 17.2 Å². The molecule has 0 fully saturated rings. The van der Waals surface area contributed by atoms with Gasteiger partial charge in [0.05, 0.1) is 34.6 Å². The molecule has 53 heavy (non-hydrogen) atoms. The van der Waals surface area contributed by atoms with E-state index in [1.54, 1.807) is 33.1 Å². The van der Waals surface area contributed by atoms with Crippen LogP contribution in [0.4, 0.5) is 36.2 Å². The highest BCUT2D eigenvalue weighted by Crippen LogP contribution is 2.19. The number of carbonyl (C=O) groups is 4. The summed E-state index contributed by atoms with van der Waals surface area (Å²) in [5.41, 5.74) is 0.625. The third-order valence-electron chi connectivity index (χ3n) is 4.66. The number of nitro benzene ring substituents is 3. The minimum absolute atomic E-state index is 0.0637. The lowest BCUT2D eigenvalue weighted by atomic mass is 10.3. The second kappa shape index (κ2) is 29.1. The highest BCUT2D eigenvalue weighted by molar-refractivity contribution is 6.61. The Morgan fingerprint density at radius 1 is 0.604 bits per heavy atom. The Bertz CT molecular complexity index is 1500. The molecule has 22 nitrogen and oxygen atoms in total. The van der Waals surface area contributed by atoms with Gasteiger partial charge in [0.25, 0.3) is 17.1 Å². The fourth-order valence-corrected chi connectivity index (χ4v) is 2.75. The average Bonchev–Trinajstić information content (AvgIpc) is 3.10. The number of aliphatic hydroxyl groups excluding tert-OH is 1. The largest absolute Gasteiger partial charge is 0.513 e. The standard InChI is InChI=1S/2C9H9NO5.C7H4ClNO4.C3H8N2O2.C2H6O/c2*1-2-14-9(11)15-8-5-3-7(4-6-8)10(12)13;8-7(10)13-6-3-1-5(2-4-6)9(11)12;1-2-7-3(6)5-4;1-2-3/h2*3-6H,2H2,1H3;1-4H;2,4H2,1H3,(H,5,6);3H,2H2,1H3. The number of hydrazine groups is 1. The van der Waals surface area contributed by atoms with Gasteiger partial charge in [0.15, 0.2) is 0 Å². The van der Waals surface area contributed by atoms with Crippen LogP contribution in [-0.2, 0) is 14.2 Å². The molecule has 0 saturated carbocycles. The van der Waals surface area contributed by atoms with Gasteiger partial charge in [0.1, 0.15) is 17.2 Å². The number of benzene rings is 3. The summed E-state index contributed by atoms with van der Waals surface area (Å²) >= 11 is 4.92. The molecule has 0 aliphatic heterocycles. The van der Waals surface area contributed by atoms with Crippen LogP contribution in [0.1, 0.15) is 27.7 Å². The van der Waals surface area contributed by atoms with Crippen molar-refractivity contribution in [3.63, 3.8) is 0 Å². The average molecular weight is 774 g/mol. The number of aliphatic hydroxyl groups is 1. The molecule has 1 amide bonds. The molecule has 23 heteroatoms. The fourth-order valence-electron chi connectivity index (χ4n) is 2.66. The minimum atomic E-state index is -0.978. The molecule has 0 saturated heterocycles. The smallest absolute Gasteiger partial charge is 0.449 e. The van der Waals surface area contributed by atoms with E-state index in [9.17, 15) is 49.5 Å². The van der Waals surface area contributed by atoms with E-state index in [0.717, 1.165) is 0 Å². The zero-order valence-electron chi connectivity index (χ0n) is 28.5. The first-order chi connectivity index (χ1) is 25.1. The van der Waals surface area contributed by atoms with Crippen molar-refractivity contribution in [2.24, 2.45) is 5.84 Å². The highest BCUT2D eigenvalue weighted by Gasteiger charge is 2.09. The molecule has 0 heterocycles. The molecule has 290 valence electrons. The van der Waals surface area contributed by atoms with Gasteiger partial charge < -0.3 is 33.5 Å². The van der Waals surface area contributed by atoms with E-state index in [1.807, 2.05) is 0 Å². The Hall–Kier alpha value is -6.65. The van der Waals surface area contributed by atoms with Crippen molar-refractivity contribution in [1.29, 1.82) is 0 Å². The molecule has 3 aromatic carbocycles. The maximum atomic E-state index is 10.9. The lowest BCUT2D eigenvalue weighted by Gasteiger charge is -2.02. The number of hydrogen-bond acceptors (Lipinski definition) is 18. The number of nitrogens with one attached hydrogen (secondary N) is 1. The Kier molecular flexibility index (Phi) is 26.6. The van der Waals surface area contributed by atoms with Crippen LogP contribution in [0.15, 0.2) is 72.8 Å². The second-order valence-electron chi connectivity index (χ2n) is 8.34. The number of hydrogen-bond donors (Lipinski definition) is 3. The normalized spacial score (nSPS) is 8.96. The molecule has 3 rings (SSSR count). The van der Waals surface area contributed by atoms with Gasteiger partial charge in [-0.05, 0) is 64.1 Å². The summed E-state index contributed by atoms with van der Waals surface area (Å²) in [6.45, 7) is 7.71. The highest BCUT2D eigenvalue weighted by atomic mass is 35.5. The molecule has 0 spiro atoms. The first-order valence-corrected chi connectivity index (χ1v) is 15.0. The van der Waals surface area contributed by atoms with E-state index in [-0.39, 0.29) is 54.1 Å². The second-order valence-corrected chi connectivity index (χ2v) is 8.65. The molecule has 0 aliphatic carbocycles. The maximum Gasteiger partial charge on any atom is 0.513 e. The van der Waals surface area contributed by atoms with E-state index in [1.165, 1.54) is 72.8 Å². The van der Waals surface area contributed by atoms with E-state index in [0.29, 0.717) is 6.61 Å². The van der Waals surface area contributed by atoms with Crippen molar-refractivity contribution < 1.29 is 67.5 Å². The van der Waals surface area contributed by atoms with E-state index in [2.05, 4.69) is 24.8 Å². The van der Waals surface area contributed by atoms with Gasteiger partial charge in [-0.25, -0.2) is 25.0 Å². The van der Waals surface area contributed by atoms with E-state index < -0.39 is 38.6 Å². The molecule has 0 aromatic heterocycles. The van der Waals surface area contributed by atoms with Gasteiger partial charge in [-0.3, -0.25) is 35.8 Å². The summed E-state index contributed by atoms with van der Waals surface area (Å²) in [5.74, 6) is 5.22. The summed E-state index contributed by atoms with van der Waals surface area (Å²) in [7, 11) is 0. The van der Waals surface area contributed by atoms with Crippen LogP contribution in [0, 0.1) is 30.3 Å². The van der Waals surface area contributed by atoms with Crippen LogP contribution in [0.3, 0.4) is 0 Å². The van der Waals surface area contributed by atoms with Crippen molar-refractivity contribution in [3.05, 3.63) is 103 Å². The van der Waals surface area contributed by atoms with Crippen LogP contribution in [0.25, 0.3) is 0 Å². The summed E-state index contributed by atoms with van der Waals surface area (Å²) in [6, 6.07) is 15.3. The topological polar surface area (TPSA) is 311 Å². The SMILES string of the molecule is CCO.CCOC(=O)NN.CCOC(=O)Oc1ccc([N+](=O)[O-])cc1.CCOC(=O)Oc1ccc([N+](=O)[O-])cc1.O=C(Cl)Oc1ccc([N+](=O)[O-])cc1. The maximum absolute atomic E-state index is 10.9. The number of nitro groups is 3. The zero-order chi connectivity index (χ0) is 40.8. The van der Waals surface area contributed by atoms with Crippen molar-refractivity contribution in [2.45, 2.75) is 27.7 Å². The van der Waals surface area contributed by atoms with Gasteiger partial charge >= 0.3 is 23.8 Å². The number of rotatable bonds is 9. The van der Waals surface area contributed by atoms with Crippen molar-refractivity contribution in [2.75, 3.05) is 26.4 Å². The van der Waals surface area contributed by atoms with Gasteiger partial charge in [0.2, 0.25) is 0 Å². The fraction of sp³-hybridized carbons (Fsp3) is 0.267. The first-order valence-electron chi connectivity index (χ1n) is 14.6. The summed E-state index contributed by atoms with van der Waals surface area (Å²) < 4.78 is 27.2. The number of non-ortho nitro benzene ring substituents is 3. The molecule has 0 atom stereocenters. The summed E-state index contributed by atoms with van der Waals surface area (Å²) in [4.78, 5) is 71.1.